The standard InChI is InChI=1S/C24H23FN6O4/c1-30-19-10-11-31(24(32)26-18-12-16(33-2)8-9-20(18)34-3)13-17(19)21(29-30)23-28-27-22(35-23)14-4-6-15(25)7-5-14/h4-9,12H,10-11,13H2,1-3H3,(H,26,32). The summed E-state index contributed by atoms with van der Waals surface area (Å²) in [5.74, 6) is 1.27. The first kappa shape index (κ1) is 22.4. The number of benzene rings is 2. The van der Waals surface area contributed by atoms with Crippen LogP contribution in [0.3, 0.4) is 0 Å². The number of aryl methyl sites for hydroxylation is 1. The summed E-state index contributed by atoms with van der Waals surface area (Å²) in [5.41, 5.74) is 3.45. The van der Waals surface area contributed by atoms with Crippen LogP contribution < -0.4 is 14.8 Å². The maximum atomic E-state index is 13.3. The van der Waals surface area contributed by atoms with Gasteiger partial charge in [-0.15, -0.1) is 10.2 Å². The molecule has 35 heavy (non-hydrogen) atoms. The summed E-state index contributed by atoms with van der Waals surface area (Å²) in [5, 5.41) is 15.7. The lowest BCUT2D eigenvalue weighted by molar-refractivity contribution is 0.205. The average Bonchev–Trinajstić information content (AvgIpc) is 3.49. The number of rotatable bonds is 5. The second kappa shape index (κ2) is 9.09. The summed E-state index contributed by atoms with van der Waals surface area (Å²) in [6.45, 7) is 0.819. The fraction of sp³-hybridized carbons (Fsp3) is 0.250. The summed E-state index contributed by atoms with van der Waals surface area (Å²) in [4.78, 5) is 14.8. The van der Waals surface area contributed by atoms with Crippen molar-refractivity contribution in [3.8, 4) is 34.5 Å². The molecule has 3 heterocycles. The van der Waals surface area contributed by atoms with Crippen molar-refractivity contribution in [1.82, 2.24) is 24.9 Å². The van der Waals surface area contributed by atoms with Crippen LogP contribution in [0.4, 0.5) is 14.9 Å². The summed E-state index contributed by atoms with van der Waals surface area (Å²) in [7, 11) is 4.94. The number of halogens is 1. The molecule has 0 aliphatic carbocycles. The van der Waals surface area contributed by atoms with E-state index in [4.69, 9.17) is 13.9 Å². The number of ether oxygens (including phenoxy) is 2. The molecule has 1 aliphatic rings. The lowest BCUT2D eigenvalue weighted by atomic mass is 10.1. The second-order valence-electron chi connectivity index (χ2n) is 7.98. The van der Waals surface area contributed by atoms with Crippen LogP contribution in [0, 0.1) is 5.82 Å². The van der Waals surface area contributed by atoms with Crippen molar-refractivity contribution in [2.45, 2.75) is 13.0 Å². The van der Waals surface area contributed by atoms with Crippen LogP contribution in [-0.2, 0) is 20.0 Å². The molecule has 0 radical (unpaired) electrons. The molecule has 10 nitrogen and oxygen atoms in total. The number of hydrogen-bond acceptors (Lipinski definition) is 7. The number of nitrogens with one attached hydrogen (secondary N) is 1. The van der Waals surface area contributed by atoms with Crippen LogP contribution in [0.5, 0.6) is 11.5 Å². The topological polar surface area (TPSA) is 108 Å². The van der Waals surface area contributed by atoms with Gasteiger partial charge in [-0.2, -0.15) is 5.10 Å². The molecule has 0 bridgehead atoms. The van der Waals surface area contributed by atoms with Crippen LogP contribution in [0.25, 0.3) is 23.0 Å². The van der Waals surface area contributed by atoms with E-state index in [-0.39, 0.29) is 23.6 Å². The maximum absolute atomic E-state index is 13.3. The fourth-order valence-electron chi connectivity index (χ4n) is 4.07. The van der Waals surface area contributed by atoms with E-state index in [1.807, 2.05) is 7.05 Å². The Morgan fingerprint density at radius 1 is 1.09 bits per heavy atom. The Morgan fingerprint density at radius 3 is 2.60 bits per heavy atom. The van der Waals surface area contributed by atoms with Crippen molar-refractivity contribution in [2.75, 3.05) is 26.1 Å². The minimum Gasteiger partial charge on any atom is -0.497 e. The molecule has 0 atom stereocenters. The van der Waals surface area contributed by atoms with E-state index in [1.54, 1.807) is 47.0 Å². The van der Waals surface area contributed by atoms with Gasteiger partial charge in [-0.25, -0.2) is 9.18 Å². The summed E-state index contributed by atoms with van der Waals surface area (Å²) in [6.07, 6.45) is 0.612. The molecule has 2 aromatic carbocycles. The molecule has 11 heteroatoms. The third-order valence-electron chi connectivity index (χ3n) is 5.90. The largest absolute Gasteiger partial charge is 0.497 e. The third-order valence-corrected chi connectivity index (χ3v) is 5.90. The number of amides is 2. The monoisotopic (exact) mass is 478 g/mol. The number of nitrogens with zero attached hydrogens (tertiary/aromatic N) is 5. The van der Waals surface area contributed by atoms with Gasteiger partial charge in [-0.05, 0) is 36.4 Å². The molecule has 2 aromatic heterocycles. The molecule has 0 fully saturated rings. The molecule has 0 saturated heterocycles. The first-order valence-corrected chi connectivity index (χ1v) is 10.9. The molecule has 0 saturated carbocycles. The molecular weight excluding hydrogens is 455 g/mol. The van der Waals surface area contributed by atoms with E-state index in [0.29, 0.717) is 48.0 Å². The van der Waals surface area contributed by atoms with Gasteiger partial charge in [0, 0.05) is 42.9 Å². The van der Waals surface area contributed by atoms with E-state index in [0.717, 1.165) is 11.3 Å². The number of fused-ring (bicyclic) bond motifs is 1. The van der Waals surface area contributed by atoms with Crippen LogP contribution >= 0.6 is 0 Å². The molecular formula is C24H23FN6O4. The van der Waals surface area contributed by atoms with Crippen molar-refractivity contribution in [3.63, 3.8) is 0 Å². The Balaban J connectivity index is 1.39. The molecule has 1 N–H and O–H groups in total. The van der Waals surface area contributed by atoms with Gasteiger partial charge < -0.3 is 24.1 Å². The lowest BCUT2D eigenvalue weighted by Crippen LogP contribution is -2.39. The normalized spacial score (nSPS) is 12.9. The predicted molar refractivity (Wildman–Crippen MR) is 125 cm³/mol. The average molecular weight is 478 g/mol. The zero-order valence-corrected chi connectivity index (χ0v) is 19.4. The number of anilines is 1. The molecule has 5 rings (SSSR count). The highest BCUT2D eigenvalue weighted by Gasteiger charge is 2.30. The lowest BCUT2D eigenvalue weighted by Gasteiger charge is -2.28. The molecule has 2 amide bonds. The zero-order valence-electron chi connectivity index (χ0n) is 19.4. The van der Waals surface area contributed by atoms with E-state index in [1.165, 1.54) is 19.2 Å². The van der Waals surface area contributed by atoms with Gasteiger partial charge in [0.25, 0.3) is 5.89 Å². The first-order valence-electron chi connectivity index (χ1n) is 10.9. The van der Waals surface area contributed by atoms with Gasteiger partial charge >= 0.3 is 6.03 Å². The van der Waals surface area contributed by atoms with E-state index >= 15 is 0 Å². The van der Waals surface area contributed by atoms with Gasteiger partial charge in [0.2, 0.25) is 5.89 Å². The Hall–Kier alpha value is -4.41. The van der Waals surface area contributed by atoms with Crippen molar-refractivity contribution in [1.29, 1.82) is 0 Å². The van der Waals surface area contributed by atoms with E-state index in [9.17, 15) is 9.18 Å². The highest BCUT2D eigenvalue weighted by atomic mass is 19.1. The van der Waals surface area contributed by atoms with Gasteiger partial charge in [0.05, 0.1) is 26.5 Å². The number of carbonyl (C=O) groups is 1. The summed E-state index contributed by atoms with van der Waals surface area (Å²) in [6, 6.07) is 10.7. The fourth-order valence-corrected chi connectivity index (χ4v) is 4.07. The van der Waals surface area contributed by atoms with Crippen LogP contribution in [0.15, 0.2) is 46.9 Å². The number of hydrogen-bond donors (Lipinski definition) is 1. The highest BCUT2D eigenvalue weighted by molar-refractivity contribution is 5.91. The van der Waals surface area contributed by atoms with E-state index in [2.05, 4.69) is 20.6 Å². The van der Waals surface area contributed by atoms with Crippen molar-refractivity contribution < 1.29 is 23.1 Å². The second-order valence-corrected chi connectivity index (χ2v) is 7.98. The number of aromatic nitrogens is 4. The van der Waals surface area contributed by atoms with Crippen molar-refractivity contribution in [2.24, 2.45) is 7.05 Å². The molecule has 1 aliphatic heterocycles. The van der Waals surface area contributed by atoms with E-state index < -0.39 is 0 Å². The van der Waals surface area contributed by atoms with Crippen molar-refractivity contribution >= 4 is 11.7 Å². The summed E-state index contributed by atoms with van der Waals surface area (Å²) < 4.78 is 31.5. The van der Waals surface area contributed by atoms with Crippen LogP contribution in [-0.4, -0.2) is 51.7 Å². The number of urea groups is 1. The number of carbonyl (C=O) groups excluding carboxylic acids is 1. The summed E-state index contributed by atoms with van der Waals surface area (Å²) >= 11 is 0. The third kappa shape index (κ3) is 4.27. The quantitative estimate of drug-likeness (QED) is 0.464. The minimum absolute atomic E-state index is 0.234. The van der Waals surface area contributed by atoms with Crippen LogP contribution in [0.1, 0.15) is 11.3 Å². The zero-order chi connectivity index (χ0) is 24.5. The Morgan fingerprint density at radius 2 is 1.86 bits per heavy atom. The molecule has 4 aromatic rings. The van der Waals surface area contributed by atoms with Gasteiger partial charge in [0.1, 0.15) is 17.3 Å². The van der Waals surface area contributed by atoms with Crippen LogP contribution in [0.2, 0.25) is 0 Å². The van der Waals surface area contributed by atoms with Crippen molar-refractivity contribution in [3.05, 3.63) is 59.5 Å². The van der Waals surface area contributed by atoms with Gasteiger partial charge in [0.15, 0.2) is 5.69 Å². The predicted octanol–water partition coefficient (Wildman–Crippen LogP) is 3.88. The first-order chi connectivity index (χ1) is 17.0. The molecule has 0 unspecified atom stereocenters. The smallest absolute Gasteiger partial charge is 0.322 e. The van der Waals surface area contributed by atoms with Gasteiger partial charge in [-0.3, -0.25) is 4.68 Å². The highest BCUT2D eigenvalue weighted by Crippen LogP contribution is 2.32. The van der Waals surface area contributed by atoms with Gasteiger partial charge in [-0.1, -0.05) is 0 Å². The Kier molecular flexibility index (Phi) is 5.81. The minimum atomic E-state index is -0.350. The molecule has 0 spiro atoms. The maximum Gasteiger partial charge on any atom is 0.322 e. The number of methoxy groups -OCH3 is 2. The SMILES string of the molecule is COc1ccc(OC)c(NC(=O)N2CCc3c(c(-c4nnc(-c5ccc(F)cc5)o4)nn3C)C2)c1. The Labute approximate surface area is 200 Å². The molecule has 180 valence electrons. The Bertz CT molecular complexity index is 1380.